The summed E-state index contributed by atoms with van der Waals surface area (Å²) < 4.78 is 6.94. The second-order valence-corrected chi connectivity index (χ2v) is 5.76. The van der Waals surface area contributed by atoms with Crippen LogP contribution in [0.25, 0.3) is 0 Å². The molecule has 0 radical (unpaired) electrons. The molecule has 0 unspecified atom stereocenters. The predicted octanol–water partition coefficient (Wildman–Crippen LogP) is 1.78. The minimum Gasteiger partial charge on any atom is -0.383 e. The summed E-state index contributed by atoms with van der Waals surface area (Å²) >= 11 is 0. The Morgan fingerprint density at radius 2 is 2.05 bits per heavy atom. The molecule has 2 N–H and O–H groups in total. The lowest BCUT2D eigenvalue weighted by molar-refractivity contribution is 0.161. The Balaban J connectivity index is 2.46. The topological polar surface area (TPSA) is 71.4 Å². The van der Waals surface area contributed by atoms with Gasteiger partial charge < -0.3 is 20.3 Å². The molecule has 0 fully saturated rings. The van der Waals surface area contributed by atoms with E-state index in [1.165, 1.54) is 0 Å². The van der Waals surface area contributed by atoms with E-state index in [4.69, 9.17) is 4.74 Å². The van der Waals surface area contributed by atoms with Gasteiger partial charge in [-0.2, -0.15) is 5.10 Å². The van der Waals surface area contributed by atoms with Crippen LogP contribution in [0.4, 0.5) is 10.5 Å². The number of nitrogens with one attached hydrogen (secondary N) is 2. The molecule has 1 rings (SSSR count). The number of hydrogen-bond donors (Lipinski definition) is 2. The number of ether oxygens (including phenoxy) is 1. The van der Waals surface area contributed by atoms with Gasteiger partial charge in [0.25, 0.3) is 0 Å². The Labute approximate surface area is 133 Å². The molecule has 0 aliphatic rings. The molecule has 0 aromatic carbocycles. The number of aromatic nitrogens is 2. The standard InChI is InChI=1S/C15H29N5O2/c1-11(2)20-13(4)14(12(3)18-20)17-15(21)16-7-8-19(5)9-10-22-6/h11H,7-10H2,1-6H3,(H2,16,17,21). The number of urea groups is 1. The molecule has 0 aliphatic heterocycles. The molecule has 0 bridgehead atoms. The number of nitrogens with zero attached hydrogens (tertiary/aromatic N) is 3. The summed E-state index contributed by atoms with van der Waals surface area (Å²) in [4.78, 5) is 14.1. The summed E-state index contributed by atoms with van der Waals surface area (Å²) in [6.07, 6.45) is 0. The van der Waals surface area contributed by atoms with Gasteiger partial charge in [-0.05, 0) is 34.7 Å². The number of rotatable bonds is 8. The number of hydrogen-bond acceptors (Lipinski definition) is 4. The number of anilines is 1. The fraction of sp³-hybridized carbons (Fsp3) is 0.733. The second kappa shape index (κ2) is 8.75. The van der Waals surface area contributed by atoms with Crippen LogP contribution in [-0.4, -0.2) is 61.1 Å². The number of aryl methyl sites for hydroxylation is 1. The second-order valence-electron chi connectivity index (χ2n) is 5.76. The lowest BCUT2D eigenvalue weighted by Crippen LogP contribution is -2.36. The van der Waals surface area contributed by atoms with Crippen LogP contribution in [0.2, 0.25) is 0 Å². The van der Waals surface area contributed by atoms with Crippen molar-refractivity contribution in [2.75, 3.05) is 45.7 Å². The van der Waals surface area contributed by atoms with Crippen molar-refractivity contribution in [1.82, 2.24) is 20.0 Å². The van der Waals surface area contributed by atoms with Crippen molar-refractivity contribution in [3.05, 3.63) is 11.4 Å². The zero-order chi connectivity index (χ0) is 16.7. The van der Waals surface area contributed by atoms with Crippen LogP contribution in [0.3, 0.4) is 0 Å². The summed E-state index contributed by atoms with van der Waals surface area (Å²) in [5, 5.41) is 10.2. The maximum absolute atomic E-state index is 12.0. The van der Waals surface area contributed by atoms with Gasteiger partial charge >= 0.3 is 6.03 Å². The van der Waals surface area contributed by atoms with Crippen molar-refractivity contribution in [3.63, 3.8) is 0 Å². The normalized spacial score (nSPS) is 11.3. The van der Waals surface area contributed by atoms with E-state index in [1.54, 1.807) is 7.11 Å². The van der Waals surface area contributed by atoms with Gasteiger partial charge in [0.15, 0.2) is 0 Å². The van der Waals surface area contributed by atoms with Gasteiger partial charge in [-0.3, -0.25) is 4.68 Å². The highest BCUT2D eigenvalue weighted by atomic mass is 16.5. The van der Waals surface area contributed by atoms with E-state index < -0.39 is 0 Å². The van der Waals surface area contributed by atoms with Gasteiger partial charge in [0.2, 0.25) is 0 Å². The maximum atomic E-state index is 12.0. The highest BCUT2D eigenvalue weighted by Gasteiger charge is 2.15. The Morgan fingerprint density at radius 3 is 2.59 bits per heavy atom. The van der Waals surface area contributed by atoms with E-state index in [0.717, 1.165) is 30.2 Å². The molecule has 0 saturated heterocycles. The van der Waals surface area contributed by atoms with E-state index in [2.05, 4.69) is 34.5 Å². The van der Waals surface area contributed by atoms with Gasteiger partial charge in [0, 0.05) is 32.8 Å². The summed E-state index contributed by atoms with van der Waals surface area (Å²) in [6.45, 7) is 10.9. The van der Waals surface area contributed by atoms with E-state index in [-0.39, 0.29) is 12.1 Å². The van der Waals surface area contributed by atoms with Gasteiger partial charge in [0.05, 0.1) is 23.7 Å². The molecule has 2 amide bonds. The van der Waals surface area contributed by atoms with Gasteiger partial charge in [0.1, 0.15) is 0 Å². The molecule has 0 aliphatic carbocycles. The minimum atomic E-state index is -0.199. The third-order valence-corrected chi connectivity index (χ3v) is 3.51. The molecule has 126 valence electrons. The predicted molar refractivity (Wildman–Crippen MR) is 88.5 cm³/mol. The van der Waals surface area contributed by atoms with Gasteiger partial charge in [-0.25, -0.2) is 4.79 Å². The lowest BCUT2D eigenvalue weighted by atomic mass is 10.3. The van der Waals surface area contributed by atoms with Crippen LogP contribution < -0.4 is 10.6 Å². The molecular weight excluding hydrogens is 282 g/mol. The van der Waals surface area contributed by atoms with E-state index in [1.807, 2.05) is 25.6 Å². The first-order valence-electron chi connectivity index (χ1n) is 7.64. The molecule has 7 heteroatoms. The van der Waals surface area contributed by atoms with Crippen molar-refractivity contribution < 1.29 is 9.53 Å². The molecule has 1 aromatic heterocycles. The third-order valence-electron chi connectivity index (χ3n) is 3.51. The monoisotopic (exact) mass is 311 g/mol. The van der Waals surface area contributed by atoms with Crippen molar-refractivity contribution in [1.29, 1.82) is 0 Å². The average molecular weight is 311 g/mol. The van der Waals surface area contributed by atoms with Crippen LogP contribution >= 0.6 is 0 Å². The fourth-order valence-electron chi connectivity index (χ4n) is 2.22. The van der Waals surface area contributed by atoms with E-state index in [0.29, 0.717) is 13.2 Å². The molecular formula is C15H29N5O2. The van der Waals surface area contributed by atoms with Crippen molar-refractivity contribution in [3.8, 4) is 0 Å². The maximum Gasteiger partial charge on any atom is 0.319 e. The first-order chi connectivity index (χ1) is 10.4. The number of carbonyl (C=O) groups is 1. The molecule has 7 nitrogen and oxygen atoms in total. The van der Waals surface area contributed by atoms with Crippen molar-refractivity contribution in [2.24, 2.45) is 0 Å². The fourth-order valence-corrected chi connectivity index (χ4v) is 2.22. The number of carbonyl (C=O) groups excluding carboxylic acids is 1. The number of likely N-dealkylation sites (N-methyl/N-ethyl adjacent to an activating group) is 1. The lowest BCUT2D eigenvalue weighted by Gasteiger charge is -2.16. The highest BCUT2D eigenvalue weighted by Crippen LogP contribution is 2.22. The van der Waals surface area contributed by atoms with Gasteiger partial charge in [-0.15, -0.1) is 0 Å². The van der Waals surface area contributed by atoms with Crippen molar-refractivity contribution >= 4 is 11.7 Å². The minimum absolute atomic E-state index is 0.199. The van der Waals surface area contributed by atoms with Crippen LogP contribution in [0.15, 0.2) is 0 Å². The molecule has 22 heavy (non-hydrogen) atoms. The Morgan fingerprint density at radius 1 is 1.36 bits per heavy atom. The van der Waals surface area contributed by atoms with Crippen LogP contribution in [0, 0.1) is 13.8 Å². The Hall–Kier alpha value is -1.60. The SMILES string of the molecule is COCCN(C)CCNC(=O)Nc1c(C)nn(C(C)C)c1C. The highest BCUT2D eigenvalue weighted by molar-refractivity contribution is 5.90. The summed E-state index contributed by atoms with van der Waals surface area (Å²) in [5.41, 5.74) is 2.59. The summed E-state index contributed by atoms with van der Waals surface area (Å²) in [6, 6.07) is 0.0707. The largest absolute Gasteiger partial charge is 0.383 e. The molecule has 1 heterocycles. The van der Waals surface area contributed by atoms with E-state index >= 15 is 0 Å². The molecule has 1 aromatic rings. The van der Waals surface area contributed by atoms with Crippen LogP contribution in [0.5, 0.6) is 0 Å². The third kappa shape index (κ3) is 5.31. The first kappa shape index (κ1) is 18.4. The van der Waals surface area contributed by atoms with E-state index in [9.17, 15) is 4.79 Å². The molecule has 0 spiro atoms. The Kier molecular flexibility index (Phi) is 7.34. The van der Waals surface area contributed by atoms with Gasteiger partial charge in [-0.1, -0.05) is 0 Å². The van der Waals surface area contributed by atoms with Crippen molar-refractivity contribution in [2.45, 2.75) is 33.7 Å². The van der Waals surface area contributed by atoms with Crippen LogP contribution in [-0.2, 0) is 4.74 Å². The smallest absolute Gasteiger partial charge is 0.319 e. The summed E-state index contributed by atoms with van der Waals surface area (Å²) in [7, 11) is 3.68. The Bertz CT molecular complexity index is 485. The van der Waals surface area contributed by atoms with Crippen LogP contribution in [0.1, 0.15) is 31.3 Å². The average Bonchev–Trinajstić information content (AvgIpc) is 2.73. The zero-order valence-corrected chi connectivity index (χ0v) is 14.6. The molecule has 0 atom stereocenters. The molecule has 0 saturated carbocycles. The summed E-state index contributed by atoms with van der Waals surface area (Å²) in [5.74, 6) is 0. The quantitative estimate of drug-likeness (QED) is 0.768. The zero-order valence-electron chi connectivity index (χ0n) is 14.6. The number of methoxy groups -OCH3 is 1. The number of amides is 2. The first-order valence-corrected chi connectivity index (χ1v) is 7.64.